The Balaban J connectivity index is 1.80. The van der Waals surface area contributed by atoms with Gasteiger partial charge in [0.25, 0.3) is 5.91 Å². The summed E-state index contributed by atoms with van der Waals surface area (Å²) in [5, 5.41) is 12.5. The van der Waals surface area contributed by atoms with E-state index in [0.29, 0.717) is 18.7 Å². The van der Waals surface area contributed by atoms with Crippen molar-refractivity contribution in [1.82, 2.24) is 20.3 Å². The van der Waals surface area contributed by atoms with Gasteiger partial charge in [0.2, 0.25) is 5.88 Å². The van der Waals surface area contributed by atoms with Crippen molar-refractivity contribution >= 4 is 5.91 Å². The maximum Gasteiger partial charge on any atom is 0.323 e. The molecule has 1 saturated carbocycles. The van der Waals surface area contributed by atoms with E-state index in [4.69, 9.17) is 4.74 Å². The molecule has 1 aliphatic carbocycles. The van der Waals surface area contributed by atoms with E-state index >= 15 is 0 Å². The number of pyridine rings is 1. The number of H-pyrrole nitrogens is 2. The van der Waals surface area contributed by atoms with Crippen LogP contribution in [0.2, 0.25) is 0 Å². The van der Waals surface area contributed by atoms with Crippen molar-refractivity contribution in [3.63, 3.8) is 0 Å². The molecule has 0 aromatic carbocycles. The number of hydrogen-bond donors (Lipinski definition) is 4. The van der Waals surface area contributed by atoms with Gasteiger partial charge in [0.15, 0.2) is 0 Å². The van der Waals surface area contributed by atoms with Gasteiger partial charge in [0, 0.05) is 18.5 Å². The summed E-state index contributed by atoms with van der Waals surface area (Å²) in [5.41, 5.74) is 0.562. The van der Waals surface area contributed by atoms with Crippen LogP contribution in [0.15, 0.2) is 29.3 Å². The fourth-order valence-corrected chi connectivity index (χ4v) is 2.75. The summed E-state index contributed by atoms with van der Waals surface area (Å²) in [4.78, 5) is 32.4. The maximum absolute atomic E-state index is 12.3. The minimum Gasteiger partial charge on any atom is -0.481 e. The van der Waals surface area contributed by atoms with Crippen molar-refractivity contribution in [3.05, 3.63) is 46.3 Å². The van der Waals surface area contributed by atoms with Crippen LogP contribution in [0.1, 0.15) is 34.9 Å². The molecule has 2 aromatic heterocycles. The van der Waals surface area contributed by atoms with Gasteiger partial charge in [-0.3, -0.25) is 4.79 Å². The van der Waals surface area contributed by atoms with Crippen LogP contribution >= 0.6 is 0 Å². The topological polar surface area (TPSA) is 120 Å². The predicted molar refractivity (Wildman–Crippen MR) is 81.1 cm³/mol. The lowest BCUT2D eigenvalue weighted by Gasteiger charge is -2.38. The molecule has 0 aliphatic heterocycles. The fraction of sp³-hybridized carbons (Fsp3) is 0.400. The van der Waals surface area contributed by atoms with Crippen LogP contribution in [0.3, 0.4) is 0 Å². The Hall–Kier alpha value is -2.61. The molecule has 1 fully saturated rings. The van der Waals surface area contributed by atoms with Crippen LogP contribution in [0, 0.1) is 5.92 Å². The highest BCUT2D eigenvalue weighted by molar-refractivity contribution is 5.92. The van der Waals surface area contributed by atoms with Gasteiger partial charge in [0.05, 0.1) is 19.3 Å². The predicted octanol–water partition coefficient (Wildman–Crippen LogP) is 0.349. The number of ether oxygens (including phenoxy) is 1. The molecule has 8 nitrogen and oxygen atoms in total. The SMILES string of the molecule is COc1ccc([C@H](NC(=O)c2c[nH]c(=O)[nH]2)C2CC(O)C2)cn1. The van der Waals surface area contributed by atoms with Crippen molar-refractivity contribution < 1.29 is 14.6 Å². The monoisotopic (exact) mass is 318 g/mol. The van der Waals surface area contributed by atoms with E-state index in [1.54, 1.807) is 12.3 Å². The normalized spacial score (nSPS) is 21.3. The molecule has 1 atom stereocenters. The van der Waals surface area contributed by atoms with Crippen LogP contribution in [0.25, 0.3) is 0 Å². The zero-order chi connectivity index (χ0) is 16.4. The maximum atomic E-state index is 12.3. The molecule has 122 valence electrons. The second kappa shape index (κ2) is 6.25. The number of amides is 1. The Bertz CT molecular complexity index is 730. The van der Waals surface area contributed by atoms with Crippen LogP contribution in [0.4, 0.5) is 0 Å². The molecule has 0 unspecified atom stereocenters. The largest absolute Gasteiger partial charge is 0.481 e. The van der Waals surface area contributed by atoms with Crippen molar-refractivity contribution in [2.45, 2.75) is 25.0 Å². The van der Waals surface area contributed by atoms with Gasteiger partial charge in [-0.25, -0.2) is 9.78 Å². The lowest BCUT2D eigenvalue weighted by Crippen LogP contribution is -2.41. The molecule has 0 spiro atoms. The van der Waals surface area contributed by atoms with Crippen molar-refractivity contribution in [2.24, 2.45) is 5.92 Å². The summed E-state index contributed by atoms with van der Waals surface area (Å²) in [6.45, 7) is 0. The standard InChI is InChI=1S/C15H18N4O4/c1-23-12-3-2-8(6-16-12)13(9-4-10(20)5-9)19-14(21)11-7-17-15(22)18-11/h2-3,6-7,9-10,13,20H,4-5H2,1H3,(H,19,21)(H2,17,18,22)/t9?,10?,13-/m0/s1. The highest BCUT2D eigenvalue weighted by Crippen LogP contribution is 2.38. The number of carbonyl (C=O) groups excluding carboxylic acids is 1. The number of nitrogens with zero attached hydrogens (tertiary/aromatic N) is 1. The smallest absolute Gasteiger partial charge is 0.323 e. The summed E-state index contributed by atoms with van der Waals surface area (Å²) < 4.78 is 5.04. The number of hydrogen-bond acceptors (Lipinski definition) is 5. The fourth-order valence-electron chi connectivity index (χ4n) is 2.75. The van der Waals surface area contributed by atoms with Crippen LogP contribution < -0.4 is 15.7 Å². The second-order valence-electron chi connectivity index (χ2n) is 5.63. The lowest BCUT2D eigenvalue weighted by molar-refractivity contribution is 0.0234. The first-order valence-corrected chi connectivity index (χ1v) is 7.33. The Morgan fingerprint density at radius 3 is 2.78 bits per heavy atom. The van der Waals surface area contributed by atoms with Gasteiger partial charge in [-0.15, -0.1) is 0 Å². The first-order valence-electron chi connectivity index (χ1n) is 7.33. The van der Waals surface area contributed by atoms with E-state index in [2.05, 4.69) is 20.3 Å². The first kappa shape index (κ1) is 15.3. The quantitative estimate of drug-likeness (QED) is 0.634. The highest BCUT2D eigenvalue weighted by atomic mass is 16.5. The van der Waals surface area contributed by atoms with E-state index < -0.39 is 5.69 Å². The van der Waals surface area contributed by atoms with Gasteiger partial charge in [-0.2, -0.15) is 0 Å². The van der Waals surface area contributed by atoms with Gasteiger partial charge < -0.3 is 25.1 Å². The Labute approximate surface area is 131 Å². The molecular weight excluding hydrogens is 300 g/mol. The first-order chi connectivity index (χ1) is 11.1. The van der Waals surface area contributed by atoms with Gasteiger partial charge in [-0.1, -0.05) is 6.07 Å². The zero-order valence-corrected chi connectivity index (χ0v) is 12.6. The number of imidazole rings is 1. The van der Waals surface area contributed by atoms with Gasteiger partial charge >= 0.3 is 5.69 Å². The molecule has 1 amide bonds. The number of aromatic nitrogens is 3. The minimum absolute atomic E-state index is 0.120. The van der Waals surface area contributed by atoms with Gasteiger partial charge in [0.1, 0.15) is 5.69 Å². The molecule has 0 radical (unpaired) electrons. The van der Waals surface area contributed by atoms with Crippen molar-refractivity contribution in [2.75, 3.05) is 7.11 Å². The van der Waals surface area contributed by atoms with Crippen molar-refractivity contribution in [1.29, 1.82) is 0 Å². The number of rotatable bonds is 5. The van der Waals surface area contributed by atoms with E-state index in [1.807, 2.05) is 6.07 Å². The van der Waals surface area contributed by atoms with E-state index in [0.717, 1.165) is 5.56 Å². The Morgan fingerprint density at radius 1 is 1.48 bits per heavy atom. The summed E-state index contributed by atoms with van der Waals surface area (Å²) in [6.07, 6.45) is 3.87. The molecule has 0 saturated heterocycles. The van der Waals surface area contributed by atoms with Crippen LogP contribution in [-0.4, -0.2) is 39.2 Å². The summed E-state index contributed by atoms with van der Waals surface area (Å²) in [5.74, 6) is 0.225. The van der Waals surface area contributed by atoms with Crippen LogP contribution in [-0.2, 0) is 0 Å². The summed E-state index contributed by atoms with van der Waals surface area (Å²) in [6, 6.07) is 3.27. The van der Waals surface area contributed by atoms with E-state index in [1.165, 1.54) is 13.3 Å². The number of aliphatic hydroxyl groups is 1. The molecule has 4 N–H and O–H groups in total. The minimum atomic E-state index is -0.433. The van der Waals surface area contributed by atoms with Gasteiger partial charge in [-0.05, 0) is 24.3 Å². The average Bonchev–Trinajstić information content (AvgIpc) is 2.96. The third kappa shape index (κ3) is 3.26. The Morgan fingerprint density at radius 2 is 2.26 bits per heavy atom. The number of methoxy groups -OCH3 is 1. The highest BCUT2D eigenvalue weighted by Gasteiger charge is 2.36. The number of nitrogens with one attached hydrogen (secondary N) is 3. The Kier molecular flexibility index (Phi) is 4.16. The number of aromatic amines is 2. The summed E-state index contributed by atoms with van der Waals surface area (Å²) >= 11 is 0. The van der Waals surface area contributed by atoms with E-state index in [9.17, 15) is 14.7 Å². The number of carbonyl (C=O) groups is 1. The van der Waals surface area contributed by atoms with Crippen molar-refractivity contribution in [3.8, 4) is 5.88 Å². The molecule has 2 heterocycles. The molecule has 1 aliphatic rings. The number of aliphatic hydroxyl groups excluding tert-OH is 1. The molecule has 0 bridgehead atoms. The molecule has 8 heteroatoms. The van der Waals surface area contributed by atoms with E-state index in [-0.39, 0.29) is 29.7 Å². The molecular formula is C15H18N4O4. The zero-order valence-electron chi connectivity index (χ0n) is 12.6. The average molecular weight is 318 g/mol. The molecule has 23 heavy (non-hydrogen) atoms. The molecule has 3 rings (SSSR count). The molecule has 2 aromatic rings. The lowest BCUT2D eigenvalue weighted by atomic mass is 9.75. The summed E-state index contributed by atoms with van der Waals surface area (Å²) in [7, 11) is 1.53. The van der Waals surface area contributed by atoms with Crippen LogP contribution in [0.5, 0.6) is 5.88 Å². The third-order valence-corrected chi connectivity index (χ3v) is 4.08. The second-order valence-corrected chi connectivity index (χ2v) is 5.63. The third-order valence-electron chi connectivity index (χ3n) is 4.08.